The number of benzene rings is 2. The van der Waals surface area contributed by atoms with Gasteiger partial charge >= 0.3 is 0 Å². The van der Waals surface area contributed by atoms with Gasteiger partial charge < -0.3 is 10.1 Å². The quantitative estimate of drug-likeness (QED) is 0.661. The van der Waals surface area contributed by atoms with Crippen LogP contribution in [0.1, 0.15) is 48.1 Å². The Balaban J connectivity index is 1.63. The minimum atomic E-state index is -3.64. The number of hydrogen-bond donors (Lipinski definition) is 2. The average Bonchev–Trinajstić information content (AvgIpc) is 3.25. The molecular weight excluding hydrogens is 412 g/mol. The van der Waals surface area contributed by atoms with Gasteiger partial charge in [0.2, 0.25) is 10.0 Å². The molecule has 156 valence electrons. The number of amides is 1. The molecule has 1 amide bonds. The fraction of sp³-hybridized carbons (Fsp3) is 0.381. The number of halogens is 1. The van der Waals surface area contributed by atoms with Crippen molar-refractivity contribution < 1.29 is 17.9 Å². The van der Waals surface area contributed by atoms with Crippen LogP contribution in [0.15, 0.2) is 53.4 Å². The van der Waals surface area contributed by atoms with Crippen molar-refractivity contribution in [2.45, 2.75) is 43.2 Å². The number of carbonyl (C=O) groups is 1. The molecule has 2 N–H and O–H groups in total. The Morgan fingerprint density at radius 1 is 1.17 bits per heavy atom. The van der Waals surface area contributed by atoms with Crippen LogP contribution < -0.4 is 10.0 Å². The summed E-state index contributed by atoms with van der Waals surface area (Å²) in [6.07, 6.45) is 2.44. The van der Waals surface area contributed by atoms with E-state index in [4.69, 9.17) is 16.3 Å². The zero-order chi connectivity index (χ0) is 20.9. The van der Waals surface area contributed by atoms with E-state index in [1.165, 1.54) is 24.3 Å². The van der Waals surface area contributed by atoms with E-state index >= 15 is 0 Å². The largest absolute Gasteiger partial charge is 0.377 e. The van der Waals surface area contributed by atoms with Crippen LogP contribution in [0.3, 0.4) is 0 Å². The summed E-state index contributed by atoms with van der Waals surface area (Å²) >= 11 is 5.92. The molecule has 6 nitrogen and oxygen atoms in total. The molecule has 0 aromatic heterocycles. The number of hydrogen-bond acceptors (Lipinski definition) is 4. The Bertz CT molecular complexity index is 924. The van der Waals surface area contributed by atoms with Crippen LogP contribution in [0.4, 0.5) is 0 Å². The van der Waals surface area contributed by atoms with Gasteiger partial charge in [-0.1, -0.05) is 30.7 Å². The van der Waals surface area contributed by atoms with Crippen LogP contribution in [0, 0.1) is 0 Å². The number of carbonyl (C=O) groups excluding carboxylic acids is 1. The normalized spacial score (nSPS) is 17.8. The highest BCUT2D eigenvalue weighted by atomic mass is 35.5. The summed E-state index contributed by atoms with van der Waals surface area (Å²) in [5.41, 5.74) is 1.36. The van der Waals surface area contributed by atoms with E-state index in [1.54, 1.807) is 12.1 Å². The summed E-state index contributed by atoms with van der Waals surface area (Å²) in [7, 11) is -3.64. The minimum Gasteiger partial charge on any atom is -0.377 e. The van der Waals surface area contributed by atoms with E-state index in [-0.39, 0.29) is 29.5 Å². The molecule has 2 aromatic rings. The molecule has 3 rings (SSSR count). The SMILES string of the molecule is CCC(NC(=O)c1ccc(S(=O)(=O)NCC2CCCO2)cc1)c1ccc(Cl)cc1. The minimum absolute atomic E-state index is 0.0753. The van der Waals surface area contributed by atoms with Crippen molar-refractivity contribution in [3.8, 4) is 0 Å². The third kappa shape index (κ3) is 5.79. The van der Waals surface area contributed by atoms with Gasteiger partial charge in [-0.2, -0.15) is 0 Å². The molecule has 1 heterocycles. The van der Waals surface area contributed by atoms with Crippen molar-refractivity contribution in [3.63, 3.8) is 0 Å². The average molecular weight is 437 g/mol. The molecule has 0 radical (unpaired) electrons. The van der Waals surface area contributed by atoms with E-state index in [2.05, 4.69) is 10.0 Å². The third-order valence-electron chi connectivity index (χ3n) is 4.94. The third-order valence-corrected chi connectivity index (χ3v) is 6.63. The van der Waals surface area contributed by atoms with Gasteiger partial charge in [0.05, 0.1) is 17.0 Å². The Labute approximate surface area is 176 Å². The Kier molecular flexibility index (Phi) is 7.29. The first-order valence-electron chi connectivity index (χ1n) is 9.66. The molecule has 29 heavy (non-hydrogen) atoms. The number of nitrogens with one attached hydrogen (secondary N) is 2. The molecule has 1 fully saturated rings. The van der Waals surface area contributed by atoms with Crippen molar-refractivity contribution >= 4 is 27.5 Å². The van der Waals surface area contributed by atoms with E-state index < -0.39 is 10.0 Å². The maximum absolute atomic E-state index is 12.6. The Hall–Kier alpha value is -1.93. The van der Waals surface area contributed by atoms with Crippen molar-refractivity contribution in [2.75, 3.05) is 13.2 Å². The highest BCUT2D eigenvalue weighted by molar-refractivity contribution is 7.89. The first-order chi connectivity index (χ1) is 13.9. The molecule has 2 unspecified atom stereocenters. The number of sulfonamides is 1. The summed E-state index contributed by atoms with van der Waals surface area (Å²) in [5, 5.41) is 3.61. The molecule has 2 atom stereocenters. The number of ether oxygens (including phenoxy) is 1. The Morgan fingerprint density at radius 2 is 1.86 bits per heavy atom. The molecule has 0 saturated carbocycles. The topological polar surface area (TPSA) is 84.5 Å². The second kappa shape index (κ2) is 9.71. The molecule has 8 heteroatoms. The van der Waals surface area contributed by atoms with Gasteiger partial charge in [0.25, 0.3) is 5.91 Å². The predicted octanol–water partition coefficient (Wildman–Crippen LogP) is 3.68. The molecule has 1 aliphatic heterocycles. The first-order valence-corrected chi connectivity index (χ1v) is 11.5. The summed E-state index contributed by atoms with van der Waals surface area (Å²) in [6.45, 7) is 2.91. The molecule has 0 spiro atoms. The number of rotatable bonds is 8. The van der Waals surface area contributed by atoms with E-state index in [0.29, 0.717) is 23.6 Å². The van der Waals surface area contributed by atoms with Crippen LogP contribution in [-0.4, -0.2) is 33.6 Å². The van der Waals surface area contributed by atoms with Crippen molar-refractivity contribution in [3.05, 3.63) is 64.7 Å². The maximum Gasteiger partial charge on any atom is 0.251 e. The van der Waals surface area contributed by atoms with E-state index in [9.17, 15) is 13.2 Å². The van der Waals surface area contributed by atoms with Gasteiger partial charge in [-0.05, 0) is 61.2 Å². The van der Waals surface area contributed by atoms with Crippen LogP contribution in [0.2, 0.25) is 5.02 Å². The summed E-state index contributed by atoms with van der Waals surface area (Å²) in [5.74, 6) is -0.261. The zero-order valence-corrected chi connectivity index (χ0v) is 17.8. The summed E-state index contributed by atoms with van der Waals surface area (Å²) < 4.78 is 32.9. The second-order valence-corrected chi connectivity index (χ2v) is 9.20. The second-order valence-electron chi connectivity index (χ2n) is 7.00. The molecule has 2 aromatic carbocycles. The lowest BCUT2D eigenvalue weighted by Crippen LogP contribution is -2.32. The lowest BCUT2D eigenvalue weighted by molar-refractivity contribution is 0.0935. The standard InChI is InChI=1S/C21H25ClN2O4S/c1-2-20(15-5-9-17(22)10-6-15)24-21(25)16-7-11-19(12-8-16)29(26,27)23-14-18-4-3-13-28-18/h5-12,18,20,23H,2-4,13-14H2,1H3,(H,24,25). The monoisotopic (exact) mass is 436 g/mol. The van der Waals surface area contributed by atoms with Gasteiger partial charge in [0.1, 0.15) is 0 Å². The fourth-order valence-electron chi connectivity index (χ4n) is 3.23. The Morgan fingerprint density at radius 3 is 2.45 bits per heavy atom. The van der Waals surface area contributed by atoms with E-state index in [0.717, 1.165) is 18.4 Å². The molecule has 1 saturated heterocycles. The van der Waals surface area contributed by atoms with Crippen LogP contribution >= 0.6 is 11.6 Å². The van der Waals surface area contributed by atoms with Crippen molar-refractivity contribution in [1.82, 2.24) is 10.0 Å². The fourth-order valence-corrected chi connectivity index (χ4v) is 4.43. The van der Waals surface area contributed by atoms with Gasteiger partial charge in [-0.15, -0.1) is 0 Å². The van der Waals surface area contributed by atoms with Gasteiger partial charge in [0.15, 0.2) is 0 Å². The highest BCUT2D eigenvalue weighted by Crippen LogP contribution is 2.20. The summed E-state index contributed by atoms with van der Waals surface area (Å²) in [6, 6.07) is 13.1. The van der Waals surface area contributed by atoms with Crippen molar-refractivity contribution in [2.24, 2.45) is 0 Å². The molecule has 0 bridgehead atoms. The lowest BCUT2D eigenvalue weighted by Gasteiger charge is -2.18. The smallest absolute Gasteiger partial charge is 0.251 e. The molecular formula is C21H25ClN2O4S. The lowest BCUT2D eigenvalue weighted by atomic mass is 10.0. The predicted molar refractivity (Wildman–Crippen MR) is 113 cm³/mol. The van der Waals surface area contributed by atoms with Gasteiger partial charge in [-0.3, -0.25) is 4.79 Å². The maximum atomic E-state index is 12.6. The first kappa shape index (κ1) is 21.8. The van der Waals surface area contributed by atoms with Crippen LogP contribution in [0.25, 0.3) is 0 Å². The molecule has 0 aliphatic carbocycles. The molecule has 1 aliphatic rings. The van der Waals surface area contributed by atoms with Crippen LogP contribution in [-0.2, 0) is 14.8 Å². The van der Waals surface area contributed by atoms with Crippen molar-refractivity contribution in [1.29, 1.82) is 0 Å². The van der Waals surface area contributed by atoms with Gasteiger partial charge in [-0.25, -0.2) is 13.1 Å². The highest BCUT2D eigenvalue weighted by Gasteiger charge is 2.21. The van der Waals surface area contributed by atoms with E-state index in [1.807, 2.05) is 19.1 Å². The zero-order valence-electron chi connectivity index (χ0n) is 16.2. The van der Waals surface area contributed by atoms with Gasteiger partial charge in [0, 0.05) is 23.7 Å². The summed E-state index contributed by atoms with van der Waals surface area (Å²) in [4.78, 5) is 12.7. The van der Waals surface area contributed by atoms with Crippen LogP contribution in [0.5, 0.6) is 0 Å².